The number of carbonyl (C=O) groups is 1. The number of anilines is 1. The third kappa shape index (κ3) is 1.99. The molecule has 2 aromatic rings. The van der Waals surface area contributed by atoms with E-state index in [1.165, 1.54) is 11.1 Å². The molecule has 0 aliphatic heterocycles. The van der Waals surface area contributed by atoms with E-state index < -0.39 is 0 Å². The fourth-order valence-corrected chi connectivity index (χ4v) is 1.37. The lowest BCUT2D eigenvalue weighted by Crippen LogP contribution is -2.27. The molecule has 2 heterocycles. The fourth-order valence-electron chi connectivity index (χ4n) is 1.37. The van der Waals surface area contributed by atoms with Gasteiger partial charge in [0.05, 0.1) is 11.8 Å². The highest BCUT2D eigenvalue weighted by Crippen LogP contribution is 2.13. The highest BCUT2D eigenvalue weighted by Gasteiger charge is 2.19. The molecule has 0 unspecified atom stereocenters. The summed E-state index contributed by atoms with van der Waals surface area (Å²) in [5.74, 6) is 0.191. The van der Waals surface area contributed by atoms with E-state index in [1.807, 2.05) is 6.07 Å². The van der Waals surface area contributed by atoms with Crippen molar-refractivity contribution in [3.8, 4) is 6.07 Å². The van der Waals surface area contributed by atoms with E-state index in [1.54, 1.807) is 31.4 Å². The van der Waals surface area contributed by atoms with Gasteiger partial charge in [0.25, 0.3) is 5.91 Å². The monoisotopic (exact) mass is 227 g/mol. The maximum absolute atomic E-state index is 12.1. The number of nitriles is 1. The molecular weight excluding hydrogens is 218 g/mol. The van der Waals surface area contributed by atoms with E-state index in [2.05, 4.69) is 15.2 Å². The number of hydrogen-bond acceptors (Lipinski definition) is 4. The number of H-pyrrole nitrogens is 1. The number of carbonyl (C=O) groups excluding carboxylic acids is 1. The van der Waals surface area contributed by atoms with Gasteiger partial charge in [-0.2, -0.15) is 10.4 Å². The molecule has 17 heavy (non-hydrogen) atoms. The number of nitrogens with zero attached hydrogens (tertiary/aromatic N) is 4. The van der Waals surface area contributed by atoms with Crippen molar-refractivity contribution < 1.29 is 4.79 Å². The molecule has 6 heteroatoms. The van der Waals surface area contributed by atoms with Crippen LogP contribution in [-0.2, 0) is 0 Å². The highest BCUT2D eigenvalue weighted by atomic mass is 16.2. The molecule has 84 valence electrons. The average molecular weight is 227 g/mol. The molecule has 0 bridgehead atoms. The van der Waals surface area contributed by atoms with Crippen LogP contribution in [0.3, 0.4) is 0 Å². The van der Waals surface area contributed by atoms with Crippen molar-refractivity contribution in [2.75, 3.05) is 11.9 Å². The maximum atomic E-state index is 12.1. The van der Waals surface area contributed by atoms with Crippen LogP contribution in [0.25, 0.3) is 0 Å². The SMILES string of the molecule is CN(C(=O)c1cn[nH]c1C#N)c1ccccn1. The summed E-state index contributed by atoms with van der Waals surface area (Å²) in [5, 5.41) is 14.9. The van der Waals surface area contributed by atoms with E-state index in [-0.39, 0.29) is 17.2 Å². The number of rotatable bonds is 2. The van der Waals surface area contributed by atoms with Crippen molar-refractivity contribution in [2.45, 2.75) is 0 Å². The molecule has 0 saturated carbocycles. The van der Waals surface area contributed by atoms with Crippen LogP contribution in [0, 0.1) is 11.3 Å². The topological polar surface area (TPSA) is 85.7 Å². The standard InChI is InChI=1S/C11H9N5O/c1-16(10-4-2-3-5-13-10)11(17)8-7-14-15-9(8)6-12/h2-5,7H,1H3,(H,14,15). The summed E-state index contributed by atoms with van der Waals surface area (Å²) in [7, 11) is 1.60. The largest absolute Gasteiger partial charge is 0.296 e. The molecule has 2 rings (SSSR count). The number of aromatic amines is 1. The van der Waals surface area contributed by atoms with Gasteiger partial charge in [-0.15, -0.1) is 0 Å². The average Bonchev–Trinajstić information content (AvgIpc) is 2.86. The van der Waals surface area contributed by atoms with E-state index in [0.717, 1.165) is 0 Å². The molecule has 6 nitrogen and oxygen atoms in total. The first-order valence-corrected chi connectivity index (χ1v) is 4.86. The molecule has 0 atom stereocenters. The summed E-state index contributed by atoms with van der Waals surface area (Å²) >= 11 is 0. The molecule has 0 aliphatic carbocycles. The van der Waals surface area contributed by atoms with Gasteiger partial charge in [-0.25, -0.2) is 4.98 Å². The van der Waals surface area contributed by atoms with Gasteiger partial charge >= 0.3 is 0 Å². The lowest BCUT2D eigenvalue weighted by Gasteiger charge is -2.14. The summed E-state index contributed by atoms with van der Waals surface area (Å²) in [5.41, 5.74) is 0.387. The predicted molar refractivity (Wildman–Crippen MR) is 60.3 cm³/mol. The first kappa shape index (κ1) is 10.8. The van der Waals surface area contributed by atoms with Gasteiger partial charge in [0.1, 0.15) is 17.6 Å². The Balaban J connectivity index is 2.31. The van der Waals surface area contributed by atoms with Crippen LogP contribution < -0.4 is 4.90 Å². The summed E-state index contributed by atoms with van der Waals surface area (Å²) in [6.07, 6.45) is 2.93. The van der Waals surface area contributed by atoms with Gasteiger partial charge in [0.2, 0.25) is 0 Å². The second kappa shape index (κ2) is 4.45. The lowest BCUT2D eigenvalue weighted by atomic mass is 10.2. The molecule has 0 fully saturated rings. The van der Waals surface area contributed by atoms with Crippen LogP contribution >= 0.6 is 0 Å². The highest BCUT2D eigenvalue weighted by molar-refractivity contribution is 6.06. The molecule has 0 radical (unpaired) electrons. The zero-order valence-corrected chi connectivity index (χ0v) is 9.08. The molecule has 0 aromatic carbocycles. The molecule has 1 N–H and O–H groups in total. The van der Waals surface area contributed by atoms with Crippen LogP contribution in [0.1, 0.15) is 16.1 Å². The second-order valence-corrected chi connectivity index (χ2v) is 3.32. The van der Waals surface area contributed by atoms with E-state index in [4.69, 9.17) is 5.26 Å². The lowest BCUT2D eigenvalue weighted by molar-refractivity contribution is 0.0992. The zero-order chi connectivity index (χ0) is 12.3. The number of hydrogen-bond donors (Lipinski definition) is 1. The van der Waals surface area contributed by atoms with Crippen molar-refractivity contribution in [2.24, 2.45) is 0 Å². The van der Waals surface area contributed by atoms with Crippen LogP contribution in [0.4, 0.5) is 5.82 Å². The Hall–Kier alpha value is -2.68. The Labute approximate surface area is 97.5 Å². The third-order valence-electron chi connectivity index (χ3n) is 2.28. The summed E-state index contributed by atoms with van der Waals surface area (Å²) in [6, 6.07) is 7.14. The Morgan fingerprint density at radius 2 is 2.35 bits per heavy atom. The first-order valence-electron chi connectivity index (χ1n) is 4.86. The van der Waals surface area contributed by atoms with Crippen LogP contribution in [0.2, 0.25) is 0 Å². The third-order valence-corrected chi connectivity index (χ3v) is 2.28. The zero-order valence-electron chi connectivity index (χ0n) is 9.08. The number of nitrogens with one attached hydrogen (secondary N) is 1. The molecule has 0 saturated heterocycles. The first-order chi connectivity index (χ1) is 8.24. The molecule has 1 amide bonds. The van der Waals surface area contributed by atoms with Crippen LogP contribution in [-0.4, -0.2) is 28.1 Å². The van der Waals surface area contributed by atoms with Crippen LogP contribution in [0.15, 0.2) is 30.6 Å². The van der Waals surface area contributed by atoms with Crippen molar-refractivity contribution in [1.29, 1.82) is 5.26 Å². The van der Waals surface area contributed by atoms with Gasteiger partial charge in [0.15, 0.2) is 0 Å². The quantitative estimate of drug-likeness (QED) is 0.827. The summed E-state index contributed by atoms with van der Waals surface area (Å²) in [4.78, 5) is 17.5. The Morgan fingerprint density at radius 3 is 3.00 bits per heavy atom. The van der Waals surface area contributed by atoms with Crippen LogP contribution in [0.5, 0.6) is 0 Å². The predicted octanol–water partition coefficient (Wildman–Crippen LogP) is 0.953. The van der Waals surface area contributed by atoms with Gasteiger partial charge in [0, 0.05) is 13.2 Å². The van der Waals surface area contributed by atoms with Gasteiger partial charge in [-0.1, -0.05) is 6.07 Å². The molecular formula is C11H9N5O. The Morgan fingerprint density at radius 1 is 1.53 bits per heavy atom. The normalized spacial score (nSPS) is 9.65. The Kier molecular flexibility index (Phi) is 2.83. The van der Waals surface area contributed by atoms with Crippen molar-refractivity contribution in [3.63, 3.8) is 0 Å². The molecule has 2 aromatic heterocycles. The van der Waals surface area contributed by atoms with Crippen molar-refractivity contribution in [1.82, 2.24) is 15.2 Å². The minimum Gasteiger partial charge on any atom is -0.296 e. The maximum Gasteiger partial charge on any atom is 0.263 e. The second-order valence-electron chi connectivity index (χ2n) is 3.32. The van der Waals surface area contributed by atoms with E-state index in [9.17, 15) is 4.79 Å². The van der Waals surface area contributed by atoms with Gasteiger partial charge in [-0.3, -0.25) is 14.8 Å². The minimum absolute atomic E-state index is 0.151. The van der Waals surface area contributed by atoms with E-state index in [0.29, 0.717) is 5.82 Å². The smallest absolute Gasteiger partial charge is 0.263 e. The number of amides is 1. The number of pyridine rings is 1. The van der Waals surface area contributed by atoms with Gasteiger partial charge in [-0.05, 0) is 12.1 Å². The van der Waals surface area contributed by atoms with E-state index >= 15 is 0 Å². The fraction of sp³-hybridized carbons (Fsp3) is 0.0909. The minimum atomic E-state index is -0.325. The summed E-state index contributed by atoms with van der Waals surface area (Å²) < 4.78 is 0. The van der Waals surface area contributed by atoms with Gasteiger partial charge < -0.3 is 0 Å². The van der Waals surface area contributed by atoms with Crippen molar-refractivity contribution in [3.05, 3.63) is 41.9 Å². The Bertz CT molecular complexity index is 569. The molecule has 0 spiro atoms. The summed E-state index contributed by atoms with van der Waals surface area (Å²) in [6.45, 7) is 0. The molecule has 0 aliphatic rings. The van der Waals surface area contributed by atoms with Crippen molar-refractivity contribution >= 4 is 11.7 Å². The number of aromatic nitrogens is 3.